The maximum absolute atomic E-state index is 11.3. The Morgan fingerprint density at radius 2 is 2.16 bits per heavy atom. The van der Waals surface area contributed by atoms with Crippen molar-refractivity contribution in [3.05, 3.63) is 51.1 Å². The summed E-state index contributed by atoms with van der Waals surface area (Å²) in [5.74, 6) is -0.409. The molecular weight excluding hydrogens is 246 g/mol. The van der Waals surface area contributed by atoms with E-state index in [-0.39, 0.29) is 12.1 Å². The summed E-state index contributed by atoms with van der Waals surface area (Å²) in [4.78, 5) is 22.2. The molecule has 0 amide bonds. The number of nitro benzene ring substituents is 1. The minimum Gasteiger partial charge on any atom is -0.469 e. The van der Waals surface area contributed by atoms with Crippen LogP contribution in [0.5, 0.6) is 0 Å². The molecule has 0 radical (unpaired) electrons. The number of nitrogens with zero attached hydrogens (tertiary/aromatic N) is 1. The van der Waals surface area contributed by atoms with Crippen molar-refractivity contribution in [3.63, 3.8) is 0 Å². The van der Waals surface area contributed by atoms with Gasteiger partial charge in [-0.1, -0.05) is 12.1 Å². The SMILES string of the molecule is C=CCc1c(C)cc(CC(=O)OC)c(C)c1[N+](=O)[O-]. The van der Waals surface area contributed by atoms with Crippen LogP contribution in [0.15, 0.2) is 18.7 Å². The van der Waals surface area contributed by atoms with Crippen LogP contribution in [0.4, 0.5) is 5.69 Å². The lowest BCUT2D eigenvalue weighted by Crippen LogP contribution is -2.09. The van der Waals surface area contributed by atoms with Crippen LogP contribution in [0.25, 0.3) is 0 Å². The third-order valence-electron chi connectivity index (χ3n) is 3.08. The van der Waals surface area contributed by atoms with E-state index in [2.05, 4.69) is 11.3 Å². The van der Waals surface area contributed by atoms with E-state index in [9.17, 15) is 14.9 Å². The molecule has 0 aromatic heterocycles. The Morgan fingerprint density at radius 1 is 1.53 bits per heavy atom. The molecule has 0 unspecified atom stereocenters. The molecule has 0 N–H and O–H groups in total. The molecule has 0 heterocycles. The van der Waals surface area contributed by atoms with E-state index < -0.39 is 10.9 Å². The molecule has 0 saturated heterocycles. The van der Waals surface area contributed by atoms with E-state index in [0.717, 1.165) is 5.56 Å². The van der Waals surface area contributed by atoms with Crippen molar-refractivity contribution in [1.29, 1.82) is 0 Å². The zero-order valence-corrected chi connectivity index (χ0v) is 11.4. The molecule has 5 nitrogen and oxygen atoms in total. The maximum atomic E-state index is 11.3. The highest BCUT2D eigenvalue weighted by atomic mass is 16.6. The highest BCUT2D eigenvalue weighted by Crippen LogP contribution is 2.30. The fourth-order valence-electron chi connectivity index (χ4n) is 2.08. The summed E-state index contributed by atoms with van der Waals surface area (Å²) in [6, 6.07) is 1.80. The molecule has 0 saturated carbocycles. The van der Waals surface area contributed by atoms with Gasteiger partial charge < -0.3 is 4.74 Å². The maximum Gasteiger partial charge on any atom is 0.309 e. The van der Waals surface area contributed by atoms with Crippen molar-refractivity contribution in [2.45, 2.75) is 26.7 Å². The number of nitro groups is 1. The molecule has 0 bridgehead atoms. The Hall–Kier alpha value is -2.17. The summed E-state index contributed by atoms with van der Waals surface area (Å²) in [7, 11) is 1.30. The van der Waals surface area contributed by atoms with Gasteiger partial charge in [-0.15, -0.1) is 6.58 Å². The van der Waals surface area contributed by atoms with Gasteiger partial charge in [0.25, 0.3) is 5.69 Å². The number of methoxy groups -OCH3 is 1. The fraction of sp³-hybridized carbons (Fsp3) is 0.357. The van der Waals surface area contributed by atoms with Crippen molar-refractivity contribution in [2.24, 2.45) is 0 Å². The third-order valence-corrected chi connectivity index (χ3v) is 3.08. The third kappa shape index (κ3) is 3.19. The zero-order chi connectivity index (χ0) is 14.6. The number of ether oxygens (including phenoxy) is 1. The predicted molar refractivity (Wildman–Crippen MR) is 72.2 cm³/mol. The first-order chi connectivity index (χ1) is 8.92. The highest BCUT2D eigenvalue weighted by Gasteiger charge is 2.22. The predicted octanol–water partition coefficient (Wildman–Crippen LogP) is 2.66. The van der Waals surface area contributed by atoms with Crippen molar-refractivity contribution in [1.82, 2.24) is 0 Å². The first kappa shape index (κ1) is 14.9. The molecular formula is C14H17NO4. The Morgan fingerprint density at radius 3 is 2.63 bits per heavy atom. The summed E-state index contributed by atoms with van der Waals surface area (Å²) in [6.07, 6.45) is 2.11. The van der Waals surface area contributed by atoms with Gasteiger partial charge in [0.05, 0.1) is 18.5 Å². The summed E-state index contributed by atoms with van der Waals surface area (Å²) >= 11 is 0. The van der Waals surface area contributed by atoms with Crippen LogP contribution < -0.4 is 0 Å². The molecule has 1 rings (SSSR count). The largest absolute Gasteiger partial charge is 0.469 e. The smallest absolute Gasteiger partial charge is 0.309 e. The van der Waals surface area contributed by atoms with Crippen LogP contribution >= 0.6 is 0 Å². The molecule has 1 aromatic rings. The van der Waals surface area contributed by atoms with Gasteiger partial charge in [-0.25, -0.2) is 0 Å². The molecule has 0 spiro atoms. The number of carbonyl (C=O) groups excluding carboxylic acids is 1. The van der Waals surface area contributed by atoms with E-state index in [1.807, 2.05) is 0 Å². The number of benzene rings is 1. The van der Waals surface area contributed by atoms with Crippen LogP contribution in [-0.4, -0.2) is 18.0 Å². The molecule has 0 atom stereocenters. The average molecular weight is 263 g/mol. The minimum absolute atomic E-state index is 0.0401. The van der Waals surface area contributed by atoms with Gasteiger partial charge in [0, 0.05) is 11.1 Å². The van der Waals surface area contributed by atoms with Crippen LogP contribution in [0.3, 0.4) is 0 Å². The van der Waals surface area contributed by atoms with E-state index >= 15 is 0 Å². The van der Waals surface area contributed by atoms with Gasteiger partial charge in [0.1, 0.15) is 0 Å². The second-order valence-electron chi connectivity index (χ2n) is 4.31. The van der Waals surface area contributed by atoms with E-state index in [1.165, 1.54) is 7.11 Å². The van der Waals surface area contributed by atoms with Crippen molar-refractivity contribution in [3.8, 4) is 0 Å². The van der Waals surface area contributed by atoms with Crippen LogP contribution in [0.1, 0.15) is 22.3 Å². The lowest BCUT2D eigenvalue weighted by molar-refractivity contribution is -0.386. The molecule has 5 heteroatoms. The number of esters is 1. The van der Waals surface area contributed by atoms with Gasteiger partial charge in [-0.05, 0) is 31.4 Å². The first-order valence-electron chi connectivity index (χ1n) is 5.86. The Balaban J connectivity index is 3.42. The topological polar surface area (TPSA) is 69.4 Å². The number of rotatable bonds is 5. The fourth-order valence-corrected chi connectivity index (χ4v) is 2.08. The Kier molecular flexibility index (Phi) is 4.80. The monoisotopic (exact) mass is 263 g/mol. The molecule has 0 aliphatic heterocycles. The lowest BCUT2D eigenvalue weighted by Gasteiger charge is -2.12. The summed E-state index contributed by atoms with van der Waals surface area (Å²) in [5, 5.41) is 11.2. The van der Waals surface area contributed by atoms with Crippen molar-refractivity contribution in [2.75, 3.05) is 7.11 Å². The first-order valence-corrected chi connectivity index (χ1v) is 5.86. The van der Waals surface area contributed by atoms with Gasteiger partial charge in [0.2, 0.25) is 0 Å². The van der Waals surface area contributed by atoms with Crippen molar-refractivity contribution >= 4 is 11.7 Å². The molecule has 1 aromatic carbocycles. The quantitative estimate of drug-likeness (QED) is 0.354. The highest BCUT2D eigenvalue weighted by molar-refractivity contribution is 5.74. The minimum atomic E-state index is -0.409. The zero-order valence-electron chi connectivity index (χ0n) is 11.4. The van der Waals surface area contributed by atoms with Gasteiger partial charge in [-0.3, -0.25) is 14.9 Å². The van der Waals surface area contributed by atoms with Crippen LogP contribution in [0, 0.1) is 24.0 Å². The van der Waals surface area contributed by atoms with Gasteiger partial charge in [0.15, 0.2) is 0 Å². The number of aryl methyl sites for hydroxylation is 1. The van der Waals surface area contributed by atoms with E-state index in [0.29, 0.717) is 23.1 Å². The number of hydrogen-bond acceptors (Lipinski definition) is 4. The van der Waals surface area contributed by atoms with E-state index in [1.54, 1.807) is 26.0 Å². The van der Waals surface area contributed by atoms with Gasteiger partial charge >= 0.3 is 5.97 Å². The second kappa shape index (κ2) is 6.13. The van der Waals surface area contributed by atoms with Crippen molar-refractivity contribution < 1.29 is 14.5 Å². The average Bonchev–Trinajstić information content (AvgIpc) is 2.35. The normalized spacial score (nSPS) is 10.1. The molecule has 0 fully saturated rings. The number of carbonyl (C=O) groups is 1. The molecule has 19 heavy (non-hydrogen) atoms. The summed E-state index contributed by atoms with van der Waals surface area (Å²) in [5.41, 5.74) is 2.64. The lowest BCUT2D eigenvalue weighted by atomic mass is 9.94. The molecule has 102 valence electrons. The molecule has 0 aliphatic carbocycles. The number of hydrogen-bond donors (Lipinski definition) is 0. The summed E-state index contributed by atoms with van der Waals surface area (Å²) in [6.45, 7) is 7.07. The standard InChI is InChI=1S/C14H17NO4/c1-5-6-12-9(2)7-11(8-13(16)19-4)10(3)14(12)15(17)18/h5,7H,1,6,8H2,2-4H3. The van der Waals surface area contributed by atoms with Crippen LogP contribution in [0.2, 0.25) is 0 Å². The van der Waals surface area contributed by atoms with E-state index in [4.69, 9.17) is 0 Å². The summed E-state index contributed by atoms with van der Waals surface area (Å²) < 4.78 is 4.60. The number of allylic oxidation sites excluding steroid dienone is 1. The Bertz CT molecular complexity index is 535. The van der Waals surface area contributed by atoms with Crippen LogP contribution in [-0.2, 0) is 22.4 Å². The van der Waals surface area contributed by atoms with Gasteiger partial charge in [-0.2, -0.15) is 0 Å². The Labute approximate surface area is 112 Å². The molecule has 0 aliphatic rings. The second-order valence-corrected chi connectivity index (χ2v) is 4.31.